The number of aromatic hydroxyl groups is 1. The van der Waals surface area contributed by atoms with Crippen LogP contribution in [0.4, 0.5) is 0 Å². The molecule has 0 spiro atoms. The van der Waals surface area contributed by atoms with Gasteiger partial charge in [0, 0.05) is 4.47 Å². The van der Waals surface area contributed by atoms with Crippen LogP contribution < -0.4 is 0 Å². The van der Waals surface area contributed by atoms with Crippen LogP contribution in [0, 0.1) is 0 Å². The van der Waals surface area contributed by atoms with Gasteiger partial charge in [0.25, 0.3) is 10.1 Å². The third-order valence-corrected chi connectivity index (χ3v) is 3.57. The van der Waals surface area contributed by atoms with Gasteiger partial charge in [-0.3, -0.25) is 4.55 Å². The highest BCUT2D eigenvalue weighted by Crippen LogP contribution is 2.32. The normalized spacial score (nSPS) is 11.3. The van der Waals surface area contributed by atoms with Crippen LogP contribution in [-0.4, -0.2) is 36.4 Å². The minimum atomic E-state index is -4.19. The zero-order valence-corrected chi connectivity index (χ0v) is 12.7. The molecule has 0 saturated heterocycles. The average Bonchev–Trinajstić information content (AvgIpc) is 2.21. The number of rotatable bonds is 4. The molecular formula is C9H8Br2O6S. The molecule has 0 heterocycles. The van der Waals surface area contributed by atoms with E-state index in [0.29, 0.717) is 8.95 Å². The average molecular weight is 404 g/mol. The molecule has 9 heteroatoms. The molecule has 0 bridgehead atoms. The van der Waals surface area contributed by atoms with Gasteiger partial charge in [0.1, 0.15) is 23.7 Å². The number of halogens is 2. The van der Waals surface area contributed by atoms with Gasteiger partial charge in [0.2, 0.25) is 0 Å². The number of carbonyl (C=O) groups is 1. The van der Waals surface area contributed by atoms with E-state index in [1.807, 2.05) is 0 Å². The summed E-state index contributed by atoms with van der Waals surface area (Å²) in [4.78, 5) is 11.6. The predicted octanol–water partition coefficient (Wildman–Crippen LogP) is 1.96. The summed E-state index contributed by atoms with van der Waals surface area (Å²) in [5.74, 6) is -1.90. The van der Waals surface area contributed by atoms with Gasteiger partial charge in [0.15, 0.2) is 0 Å². The van der Waals surface area contributed by atoms with Gasteiger partial charge in [-0.2, -0.15) is 8.42 Å². The fourth-order valence-corrected chi connectivity index (χ4v) is 2.56. The lowest BCUT2D eigenvalue weighted by atomic mass is 10.2. The summed E-state index contributed by atoms with van der Waals surface area (Å²) >= 11 is 6.17. The molecule has 6 nitrogen and oxygen atoms in total. The van der Waals surface area contributed by atoms with E-state index in [4.69, 9.17) is 4.55 Å². The molecule has 2 N–H and O–H groups in total. The van der Waals surface area contributed by atoms with Crippen molar-refractivity contribution in [3.05, 3.63) is 26.6 Å². The van der Waals surface area contributed by atoms with E-state index in [1.54, 1.807) is 0 Å². The van der Waals surface area contributed by atoms with Crippen LogP contribution in [0.5, 0.6) is 5.75 Å². The smallest absolute Gasteiger partial charge is 0.342 e. The van der Waals surface area contributed by atoms with E-state index in [1.165, 1.54) is 12.1 Å². The molecule has 1 aromatic rings. The van der Waals surface area contributed by atoms with Crippen molar-refractivity contribution in [1.29, 1.82) is 0 Å². The van der Waals surface area contributed by atoms with Crippen LogP contribution >= 0.6 is 31.9 Å². The van der Waals surface area contributed by atoms with E-state index >= 15 is 0 Å². The summed E-state index contributed by atoms with van der Waals surface area (Å²) < 4.78 is 34.8. The molecule has 18 heavy (non-hydrogen) atoms. The number of carbonyl (C=O) groups excluding carboxylic acids is 1. The predicted molar refractivity (Wildman–Crippen MR) is 70.2 cm³/mol. The first-order chi connectivity index (χ1) is 8.20. The minimum absolute atomic E-state index is 0.119. The monoisotopic (exact) mass is 402 g/mol. The van der Waals surface area contributed by atoms with Crippen LogP contribution in [0.3, 0.4) is 0 Å². The summed E-state index contributed by atoms with van der Waals surface area (Å²) in [6, 6.07) is 2.86. The maximum atomic E-state index is 11.6. The second kappa shape index (κ2) is 6.00. The van der Waals surface area contributed by atoms with E-state index in [0.717, 1.165) is 0 Å². The maximum absolute atomic E-state index is 11.6. The number of hydrogen-bond donors (Lipinski definition) is 2. The van der Waals surface area contributed by atoms with Gasteiger partial charge >= 0.3 is 5.97 Å². The van der Waals surface area contributed by atoms with Crippen molar-refractivity contribution in [2.75, 3.05) is 12.4 Å². The van der Waals surface area contributed by atoms with Gasteiger partial charge in [-0.25, -0.2) is 4.79 Å². The summed E-state index contributed by atoms with van der Waals surface area (Å²) in [6.07, 6.45) is 0. The first-order valence-electron chi connectivity index (χ1n) is 4.51. The van der Waals surface area contributed by atoms with Gasteiger partial charge in [-0.1, -0.05) is 15.9 Å². The number of benzene rings is 1. The van der Waals surface area contributed by atoms with Crippen molar-refractivity contribution in [3.63, 3.8) is 0 Å². The zero-order chi connectivity index (χ0) is 13.9. The van der Waals surface area contributed by atoms with Crippen molar-refractivity contribution in [2.24, 2.45) is 0 Å². The first kappa shape index (κ1) is 15.4. The lowest BCUT2D eigenvalue weighted by Gasteiger charge is -2.07. The molecule has 0 aliphatic carbocycles. The maximum Gasteiger partial charge on any atom is 0.342 e. The summed E-state index contributed by atoms with van der Waals surface area (Å²) in [7, 11) is -4.19. The molecular weight excluding hydrogens is 396 g/mol. The Bertz CT molecular complexity index is 569. The summed E-state index contributed by atoms with van der Waals surface area (Å²) in [5.41, 5.74) is -0.119. The second-order valence-electron chi connectivity index (χ2n) is 3.21. The third kappa shape index (κ3) is 4.56. The molecule has 0 aliphatic rings. The minimum Gasteiger partial charge on any atom is -0.506 e. The highest BCUT2D eigenvalue weighted by molar-refractivity contribution is 9.11. The number of ether oxygens (including phenoxy) is 1. The summed E-state index contributed by atoms with van der Waals surface area (Å²) in [6.45, 7) is -0.499. The Balaban J connectivity index is 2.79. The first-order valence-corrected chi connectivity index (χ1v) is 7.70. The molecule has 0 aromatic heterocycles. The molecule has 100 valence electrons. The van der Waals surface area contributed by atoms with E-state index in [-0.39, 0.29) is 11.3 Å². The SMILES string of the molecule is O=C(OCCS(=O)(=O)O)c1cc(Br)cc(Br)c1O. The molecule has 0 unspecified atom stereocenters. The second-order valence-corrected chi connectivity index (χ2v) is 6.55. The molecule has 0 radical (unpaired) electrons. The van der Waals surface area contributed by atoms with Crippen LogP contribution in [0.1, 0.15) is 10.4 Å². The largest absolute Gasteiger partial charge is 0.506 e. The van der Waals surface area contributed by atoms with E-state index in [2.05, 4.69) is 36.6 Å². The highest BCUT2D eigenvalue weighted by atomic mass is 79.9. The lowest BCUT2D eigenvalue weighted by molar-refractivity contribution is 0.0525. The number of hydrogen-bond acceptors (Lipinski definition) is 5. The summed E-state index contributed by atoms with van der Waals surface area (Å²) in [5, 5.41) is 9.62. The van der Waals surface area contributed by atoms with Crippen molar-refractivity contribution in [2.45, 2.75) is 0 Å². The van der Waals surface area contributed by atoms with Crippen molar-refractivity contribution < 1.29 is 27.6 Å². The molecule has 0 fully saturated rings. The fraction of sp³-hybridized carbons (Fsp3) is 0.222. The van der Waals surface area contributed by atoms with Crippen LogP contribution in [-0.2, 0) is 14.9 Å². The van der Waals surface area contributed by atoms with Crippen LogP contribution in [0.25, 0.3) is 0 Å². The van der Waals surface area contributed by atoms with Gasteiger partial charge < -0.3 is 9.84 Å². The van der Waals surface area contributed by atoms with Crippen molar-refractivity contribution in [3.8, 4) is 5.75 Å². The number of esters is 1. The zero-order valence-electron chi connectivity index (χ0n) is 8.76. The number of phenolic OH excluding ortho intramolecular Hbond substituents is 1. The molecule has 0 saturated carbocycles. The van der Waals surface area contributed by atoms with Crippen LogP contribution in [0.2, 0.25) is 0 Å². The lowest BCUT2D eigenvalue weighted by Crippen LogP contribution is -2.14. The molecule has 1 rings (SSSR count). The molecule has 0 aliphatic heterocycles. The Morgan fingerprint density at radius 2 is 1.94 bits per heavy atom. The van der Waals surface area contributed by atoms with Gasteiger partial charge in [-0.05, 0) is 28.1 Å². The quantitative estimate of drug-likeness (QED) is 0.588. The molecule has 0 atom stereocenters. The fourth-order valence-electron chi connectivity index (χ4n) is 1.04. The molecule has 0 amide bonds. The number of phenols is 1. The molecule has 1 aromatic carbocycles. The van der Waals surface area contributed by atoms with Crippen molar-refractivity contribution in [1.82, 2.24) is 0 Å². The van der Waals surface area contributed by atoms with E-state index < -0.39 is 28.4 Å². The highest BCUT2D eigenvalue weighted by Gasteiger charge is 2.17. The Labute approximate surface area is 120 Å². The van der Waals surface area contributed by atoms with Gasteiger partial charge in [0.05, 0.1) is 4.47 Å². The Morgan fingerprint density at radius 1 is 1.33 bits per heavy atom. The Morgan fingerprint density at radius 3 is 2.50 bits per heavy atom. The van der Waals surface area contributed by atoms with Gasteiger partial charge in [-0.15, -0.1) is 0 Å². The standard InChI is InChI=1S/C9H8Br2O6S/c10-5-3-6(8(12)7(11)4-5)9(13)17-1-2-18(14,15)16/h3-4,12H,1-2H2,(H,14,15,16). The Kier molecular flexibility index (Phi) is 5.14. The topological polar surface area (TPSA) is 101 Å². The Hall–Kier alpha value is -0.640. The van der Waals surface area contributed by atoms with E-state index in [9.17, 15) is 18.3 Å². The van der Waals surface area contributed by atoms with Crippen molar-refractivity contribution >= 4 is 47.9 Å². The van der Waals surface area contributed by atoms with Crippen LogP contribution in [0.15, 0.2) is 21.1 Å². The third-order valence-electron chi connectivity index (χ3n) is 1.82.